The Hall–Kier alpha value is -3.67. The highest BCUT2D eigenvalue weighted by molar-refractivity contribution is 5.92. The van der Waals surface area contributed by atoms with Gasteiger partial charge in [0.1, 0.15) is 6.33 Å². The van der Waals surface area contributed by atoms with Crippen LogP contribution < -0.4 is 10.2 Å². The van der Waals surface area contributed by atoms with Gasteiger partial charge in [0.25, 0.3) is 5.69 Å². The van der Waals surface area contributed by atoms with Crippen molar-refractivity contribution in [2.45, 2.75) is 0 Å². The third kappa shape index (κ3) is 3.96. The quantitative estimate of drug-likeness (QED) is 0.480. The smallest absolute Gasteiger partial charge is 0.269 e. The molecule has 12 nitrogen and oxygen atoms in total. The van der Waals surface area contributed by atoms with Gasteiger partial charge in [-0.1, -0.05) is 5.21 Å². The van der Waals surface area contributed by atoms with Crippen LogP contribution in [0.5, 0.6) is 0 Å². The van der Waals surface area contributed by atoms with Gasteiger partial charge in [-0.05, 0) is 12.1 Å². The van der Waals surface area contributed by atoms with Gasteiger partial charge in [-0.25, -0.2) is 14.6 Å². The van der Waals surface area contributed by atoms with Crippen molar-refractivity contribution in [2.24, 2.45) is 7.05 Å². The van der Waals surface area contributed by atoms with Crippen molar-refractivity contribution in [1.82, 2.24) is 29.9 Å². The normalized spacial score (nSPS) is 14.9. The lowest BCUT2D eigenvalue weighted by atomic mass is 10.2. The van der Waals surface area contributed by atoms with E-state index in [0.29, 0.717) is 43.0 Å². The van der Waals surface area contributed by atoms with Crippen LogP contribution in [0.15, 0.2) is 30.6 Å². The van der Waals surface area contributed by atoms with E-state index in [9.17, 15) is 14.9 Å². The van der Waals surface area contributed by atoms with E-state index in [4.69, 9.17) is 0 Å². The number of aryl methyl sites for hydroxylation is 1. The molecule has 1 N–H and O–H groups in total. The molecule has 0 saturated carbocycles. The van der Waals surface area contributed by atoms with Gasteiger partial charge in [-0.3, -0.25) is 19.8 Å². The third-order valence-electron chi connectivity index (χ3n) is 4.77. The number of amides is 1. The van der Waals surface area contributed by atoms with Crippen LogP contribution in [0, 0.1) is 10.1 Å². The Morgan fingerprint density at radius 3 is 2.59 bits per heavy atom. The van der Waals surface area contributed by atoms with Gasteiger partial charge < -0.3 is 10.2 Å². The van der Waals surface area contributed by atoms with E-state index in [1.54, 1.807) is 11.7 Å². The van der Waals surface area contributed by atoms with E-state index in [2.05, 4.69) is 30.5 Å². The monoisotopic (exact) mass is 397 g/mol. The van der Waals surface area contributed by atoms with Crippen molar-refractivity contribution < 1.29 is 9.72 Å². The number of hydrogen-bond acceptors (Lipinski definition) is 9. The first kappa shape index (κ1) is 18.7. The van der Waals surface area contributed by atoms with Gasteiger partial charge in [0.15, 0.2) is 17.0 Å². The van der Waals surface area contributed by atoms with Crippen LogP contribution in [-0.4, -0.2) is 73.4 Å². The van der Waals surface area contributed by atoms with Crippen molar-refractivity contribution in [3.8, 4) is 0 Å². The average molecular weight is 397 g/mol. The zero-order valence-corrected chi connectivity index (χ0v) is 15.7. The molecule has 1 aliphatic rings. The van der Waals surface area contributed by atoms with Crippen LogP contribution in [0.1, 0.15) is 0 Å². The topological polar surface area (TPSA) is 135 Å². The minimum atomic E-state index is -0.475. The Morgan fingerprint density at radius 2 is 1.90 bits per heavy atom. The maximum Gasteiger partial charge on any atom is 0.269 e. The molecule has 4 rings (SSSR count). The van der Waals surface area contributed by atoms with Gasteiger partial charge in [0, 0.05) is 51.0 Å². The molecule has 29 heavy (non-hydrogen) atoms. The largest absolute Gasteiger partial charge is 0.352 e. The second-order valence-corrected chi connectivity index (χ2v) is 6.70. The molecular formula is C17H19N9O3. The average Bonchev–Trinajstić information content (AvgIpc) is 3.10. The fourth-order valence-electron chi connectivity index (χ4n) is 3.26. The number of fused-ring (bicyclic) bond motifs is 1. The number of aromatic nitrogens is 5. The molecule has 0 radical (unpaired) electrons. The summed E-state index contributed by atoms with van der Waals surface area (Å²) in [7, 11) is 1.79. The van der Waals surface area contributed by atoms with Crippen molar-refractivity contribution in [3.63, 3.8) is 0 Å². The molecule has 0 bridgehead atoms. The summed E-state index contributed by atoms with van der Waals surface area (Å²) in [5.74, 6) is 0.587. The number of nitro benzene ring substituents is 1. The summed E-state index contributed by atoms with van der Waals surface area (Å²) in [5, 5.41) is 21.6. The Balaban J connectivity index is 1.32. The first-order chi connectivity index (χ1) is 14.0. The second-order valence-electron chi connectivity index (χ2n) is 6.70. The lowest BCUT2D eigenvalue weighted by Gasteiger charge is -2.34. The van der Waals surface area contributed by atoms with E-state index in [1.807, 2.05) is 4.90 Å². The third-order valence-corrected chi connectivity index (χ3v) is 4.77. The van der Waals surface area contributed by atoms with Crippen LogP contribution >= 0.6 is 0 Å². The summed E-state index contributed by atoms with van der Waals surface area (Å²) in [4.78, 5) is 35.2. The van der Waals surface area contributed by atoms with Crippen molar-refractivity contribution >= 4 is 34.3 Å². The van der Waals surface area contributed by atoms with Crippen LogP contribution in [0.3, 0.4) is 0 Å². The highest BCUT2D eigenvalue weighted by Gasteiger charge is 2.23. The summed E-state index contributed by atoms with van der Waals surface area (Å²) >= 11 is 0. The van der Waals surface area contributed by atoms with E-state index < -0.39 is 4.92 Å². The molecule has 1 saturated heterocycles. The maximum atomic E-state index is 12.3. The van der Waals surface area contributed by atoms with E-state index in [1.165, 1.54) is 30.6 Å². The Morgan fingerprint density at radius 1 is 1.17 bits per heavy atom. The number of nitrogens with zero attached hydrogens (tertiary/aromatic N) is 8. The van der Waals surface area contributed by atoms with Gasteiger partial charge >= 0.3 is 0 Å². The molecule has 0 aliphatic carbocycles. The molecule has 12 heteroatoms. The Kier molecular flexibility index (Phi) is 4.99. The molecule has 1 aromatic carbocycles. The zero-order chi connectivity index (χ0) is 20.4. The first-order valence-corrected chi connectivity index (χ1v) is 9.03. The molecular weight excluding hydrogens is 378 g/mol. The predicted molar refractivity (Wildman–Crippen MR) is 104 cm³/mol. The number of carbonyl (C=O) groups excluding carboxylic acids is 1. The lowest BCUT2D eigenvalue weighted by molar-refractivity contribution is -0.384. The van der Waals surface area contributed by atoms with Gasteiger partial charge in [-0.15, -0.1) is 5.10 Å². The van der Waals surface area contributed by atoms with E-state index in [0.717, 1.165) is 5.82 Å². The number of carbonyl (C=O) groups is 1. The number of nitrogens with one attached hydrogen (secondary N) is 1. The minimum absolute atomic E-state index is 0.0129. The summed E-state index contributed by atoms with van der Waals surface area (Å²) in [6, 6.07) is 5.77. The fraction of sp³-hybridized carbons (Fsp3) is 0.353. The van der Waals surface area contributed by atoms with Crippen LogP contribution in [0.25, 0.3) is 11.2 Å². The first-order valence-electron chi connectivity index (χ1n) is 9.03. The number of hydrogen-bond donors (Lipinski definition) is 1. The zero-order valence-electron chi connectivity index (χ0n) is 15.7. The molecule has 3 aromatic rings. The minimum Gasteiger partial charge on any atom is -0.352 e. The van der Waals surface area contributed by atoms with Gasteiger partial charge in [0.2, 0.25) is 5.91 Å². The molecule has 1 amide bonds. The molecule has 0 atom stereocenters. The van der Waals surface area contributed by atoms with E-state index >= 15 is 0 Å². The summed E-state index contributed by atoms with van der Waals surface area (Å²) < 4.78 is 1.61. The summed E-state index contributed by atoms with van der Waals surface area (Å²) in [6.45, 7) is 3.04. The van der Waals surface area contributed by atoms with Gasteiger partial charge in [0.05, 0.1) is 11.5 Å². The number of anilines is 2. The number of nitro groups is 1. The SMILES string of the molecule is Cn1nnc2c(N3CCN(CC(=O)Nc4ccc([N+](=O)[O-])cc4)CC3)ncnc21. The highest BCUT2D eigenvalue weighted by atomic mass is 16.6. The van der Waals surface area contributed by atoms with Gasteiger partial charge in [-0.2, -0.15) is 0 Å². The van der Waals surface area contributed by atoms with Crippen LogP contribution in [0.2, 0.25) is 0 Å². The van der Waals surface area contributed by atoms with Crippen LogP contribution in [0.4, 0.5) is 17.2 Å². The number of non-ortho nitro benzene ring substituents is 1. The summed E-state index contributed by atoms with van der Waals surface area (Å²) in [6.07, 6.45) is 1.51. The molecule has 2 aromatic heterocycles. The highest BCUT2D eigenvalue weighted by Crippen LogP contribution is 2.21. The lowest BCUT2D eigenvalue weighted by Crippen LogP contribution is -2.49. The van der Waals surface area contributed by atoms with Crippen molar-refractivity contribution in [3.05, 3.63) is 40.7 Å². The molecule has 150 valence electrons. The van der Waals surface area contributed by atoms with E-state index in [-0.39, 0.29) is 18.1 Å². The molecule has 0 spiro atoms. The number of rotatable bonds is 5. The number of benzene rings is 1. The van der Waals surface area contributed by atoms with Crippen LogP contribution in [-0.2, 0) is 11.8 Å². The Labute approximate surface area is 165 Å². The standard InChI is InChI=1S/C17H19N9O3/c1-23-16-15(21-22-23)17(19-11-18-16)25-8-6-24(7-9-25)10-14(27)20-12-2-4-13(5-3-12)26(28)29/h2-5,11H,6-10H2,1H3,(H,20,27). The molecule has 0 unspecified atom stereocenters. The van der Waals surface area contributed by atoms with Crippen molar-refractivity contribution in [1.29, 1.82) is 0 Å². The predicted octanol–water partition coefficient (Wildman–Crippen LogP) is 0.427. The molecule has 1 aliphatic heterocycles. The number of piperazine rings is 1. The maximum absolute atomic E-state index is 12.3. The molecule has 1 fully saturated rings. The second kappa shape index (κ2) is 7.75. The molecule has 3 heterocycles. The summed E-state index contributed by atoms with van der Waals surface area (Å²) in [5.41, 5.74) is 1.87. The Bertz CT molecular complexity index is 1040. The van der Waals surface area contributed by atoms with Crippen molar-refractivity contribution in [2.75, 3.05) is 42.9 Å². The fourth-order valence-corrected chi connectivity index (χ4v) is 3.26.